The molecule has 29 heavy (non-hydrogen) atoms. The lowest BCUT2D eigenvalue weighted by molar-refractivity contribution is -0.128. The molecule has 0 saturated heterocycles. The molecule has 0 radical (unpaired) electrons. The van der Waals surface area contributed by atoms with Crippen molar-refractivity contribution in [2.24, 2.45) is 5.73 Å². The van der Waals surface area contributed by atoms with E-state index in [0.29, 0.717) is 52.2 Å². The third kappa shape index (κ3) is 15.0. The minimum atomic E-state index is -0.502. The van der Waals surface area contributed by atoms with E-state index in [1.165, 1.54) is 6.92 Å². The van der Waals surface area contributed by atoms with Crippen molar-refractivity contribution in [3.8, 4) is 0 Å². The van der Waals surface area contributed by atoms with Gasteiger partial charge in [-0.25, -0.2) is 0 Å². The number of methoxy groups -OCH3 is 1. The molecule has 0 heterocycles. The molecule has 0 aromatic heterocycles. The predicted octanol–water partition coefficient (Wildman–Crippen LogP) is 0.117. The first-order valence-corrected chi connectivity index (χ1v) is 10.5. The minimum Gasteiger partial charge on any atom is -0.382 e. The highest BCUT2D eigenvalue weighted by Gasteiger charge is 2.22. The van der Waals surface area contributed by atoms with Gasteiger partial charge in [0, 0.05) is 20.1 Å². The fourth-order valence-electron chi connectivity index (χ4n) is 2.75. The molecule has 0 spiro atoms. The van der Waals surface area contributed by atoms with Crippen LogP contribution in [0.4, 0.5) is 0 Å². The van der Waals surface area contributed by atoms with Crippen LogP contribution < -0.4 is 21.7 Å². The van der Waals surface area contributed by atoms with Crippen LogP contribution in [0.3, 0.4) is 0 Å². The maximum Gasteiger partial charge on any atom is 0.237 e. The monoisotopic (exact) mass is 416 g/mol. The topological polar surface area (TPSA) is 132 Å². The van der Waals surface area contributed by atoms with E-state index < -0.39 is 6.04 Å². The molecule has 0 aliphatic rings. The molecule has 0 saturated carbocycles. The first-order valence-electron chi connectivity index (χ1n) is 10.5. The van der Waals surface area contributed by atoms with Crippen LogP contribution in [0.25, 0.3) is 0 Å². The zero-order chi connectivity index (χ0) is 21.9. The van der Waals surface area contributed by atoms with Gasteiger partial charge in [0.25, 0.3) is 0 Å². The highest BCUT2D eigenvalue weighted by atomic mass is 16.5. The molecule has 0 rings (SSSR count). The highest BCUT2D eigenvalue weighted by molar-refractivity contribution is 5.89. The smallest absolute Gasteiger partial charge is 0.237 e. The average Bonchev–Trinajstić information content (AvgIpc) is 2.69. The van der Waals surface area contributed by atoms with Crippen LogP contribution in [0.15, 0.2) is 0 Å². The van der Waals surface area contributed by atoms with E-state index in [-0.39, 0.29) is 23.6 Å². The number of hydrogen-bond acceptors (Lipinski definition) is 7. The maximum absolute atomic E-state index is 12.4. The van der Waals surface area contributed by atoms with E-state index in [2.05, 4.69) is 16.0 Å². The molecule has 0 bridgehead atoms. The summed E-state index contributed by atoms with van der Waals surface area (Å²) in [6, 6.07) is -0.827. The number of hydrogen-bond donors (Lipinski definition) is 4. The van der Waals surface area contributed by atoms with Crippen LogP contribution in [0.2, 0.25) is 0 Å². The maximum atomic E-state index is 12.4. The van der Waals surface area contributed by atoms with Crippen LogP contribution in [0.5, 0.6) is 0 Å². The van der Waals surface area contributed by atoms with Gasteiger partial charge in [0.1, 0.15) is 0 Å². The van der Waals surface area contributed by atoms with Gasteiger partial charge in [-0.1, -0.05) is 6.42 Å². The van der Waals surface area contributed by atoms with E-state index >= 15 is 0 Å². The first-order chi connectivity index (χ1) is 14.0. The Balaban J connectivity index is 4.05. The van der Waals surface area contributed by atoms with Gasteiger partial charge in [0.2, 0.25) is 11.8 Å². The van der Waals surface area contributed by atoms with Crippen molar-refractivity contribution in [3.63, 3.8) is 0 Å². The van der Waals surface area contributed by atoms with Crippen molar-refractivity contribution >= 4 is 17.6 Å². The Kier molecular flexibility index (Phi) is 17.5. The Hall–Kier alpha value is -1.55. The molecule has 9 nitrogen and oxygen atoms in total. The molecule has 0 fully saturated rings. The van der Waals surface area contributed by atoms with E-state index in [0.717, 1.165) is 25.7 Å². The summed E-state index contributed by atoms with van der Waals surface area (Å²) in [4.78, 5) is 36.0. The Morgan fingerprint density at radius 3 is 2.28 bits per heavy atom. The van der Waals surface area contributed by atoms with Gasteiger partial charge >= 0.3 is 0 Å². The molecule has 0 aromatic rings. The SMILES string of the molecule is CNC(CCCCN)C(=O)NC(CCCCNC(=O)CCOCCOC)C(C)=O. The lowest BCUT2D eigenvalue weighted by Crippen LogP contribution is -2.49. The first kappa shape index (κ1) is 27.5. The van der Waals surface area contributed by atoms with Gasteiger partial charge in [-0.15, -0.1) is 0 Å². The number of nitrogens with one attached hydrogen (secondary N) is 3. The summed E-state index contributed by atoms with van der Waals surface area (Å²) in [6.07, 6.45) is 4.74. The number of likely N-dealkylation sites (N-methyl/N-ethyl adjacent to an activating group) is 1. The largest absolute Gasteiger partial charge is 0.382 e. The van der Waals surface area contributed by atoms with E-state index in [4.69, 9.17) is 15.2 Å². The van der Waals surface area contributed by atoms with Gasteiger partial charge in [0.05, 0.1) is 31.9 Å². The number of amides is 2. The van der Waals surface area contributed by atoms with Crippen molar-refractivity contribution in [2.45, 2.75) is 64.0 Å². The van der Waals surface area contributed by atoms with E-state index in [1.54, 1.807) is 14.2 Å². The second-order valence-electron chi connectivity index (χ2n) is 7.00. The molecule has 9 heteroatoms. The number of carbonyl (C=O) groups excluding carboxylic acids is 3. The molecular weight excluding hydrogens is 376 g/mol. The van der Waals surface area contributed by atoms with E-state index in [1.807, 2.05) is 0 Å². The molecule has 0 aliphatic heterocycles. The van der Waals surface area contributed by atoms with Crippen molar-refractivity contribution in [2.75, 3.05) is 47.1 Å². The fourth-order valence-corrected chi connectivity index (χ4v) is 2.75. The van der Waals surface area contributed by atoms with Crippen molar-refractivity contribution < 1.29 is 23.9 Å². The van der Waals surface area contributed by atoms with Crippen LogP contribution in [-0.4, -0.2) is 76.7 Å². The Labute approximate surface area is 174 Å². The van der Waals surface area contributed by atoms with Crippen LogP contribution in [0.1, 0.15) is 51.9 Å². The quantitative estimate of drug-likeness (QED) is 0.220. The third-order valence-electron chi connectivity index (χ3n) is 4.57. The molecule has 5 N–H and O–H groups in total. The fraction of sp³-hybridized carbons (Fsp3) is 0.850. The molecule has 170 valence electrons. The molecule has 0 aromatic carbocycles. The number of rotatable bonds is 19. The zero-order valence-electron chi connectivity index (χ0n) is 18.3. The van der Waals surface area contributed by atoms with Gasteiger partial charge in [0.15, 0.2) is 5.78 Å². The molecule has 2 amide bonds. The van der Waals surface area contributed by atoms with Crippen LogP contribution >= 0.6 is 0 Å². The summed E-state index contributed by atoms with van der Waals surface area (Å²) >= 11 is 0. The van der Waals surface area contributed by atoms with Crippen molar-refractivity contribution in [1.82, 2.24) is 16.0 Å². The van der Waals surface area contributed by atoms with Gasteiger partial charge < -0.3 is 31.2 Å². The predicted molar refractivity (Wildman–Crippen MR) is 113 cm³/mol. The molecular formula is C20H40N4O5. The summed E-state index contributed by atoms with van der Waals surface area (Å²) in [7, 11) is 3.33. The second kappa shape index (κ2) is 18.5. The van der Waals surface area contributed by atoms with Gasteiger partial charge in [-0.05, 0) is 52.6 Å². The number of ether oxygens (including phenoxy) is 2. The summed E-state index contributed by atoms with van der Waals surface area (Å²) < 4.78 is 10.1. The molecule has 2 atom stereocenters. The number of ketones is 1. The second-order valence-corrected chi connectivity index (χ2v) is 7.00. The normalized spacial score (nSPS) is 13.0. The minimum absolute atomic E-state index is 0.0619. The zero-order valence-corrected chi connectivity index (χ0v) is 18.3. The van der Waals surface area contributed by atoms with Crippen molar-refractivity contribution in [1.29, 1.82) is 0 Å². The summed E-state index contributed by atoms with van der Waals surface area (Å²) in [5, 5.41) is 8.67. The van der Waals surface area contributed by atoms with Gasteiger partial charge in [-0.3, -0.25) is 14.4 Å². The number of Topliss-reactive ketones (excluding diaryl/α,β-unsaturated/α-hetero) is 1. The Morgan fingerprint density at radius 1 is 0.966 bits per heavy atom. The number of carbonyl (C=O) groups is 3. The number of unbranched alkanes of at least 4 members (excludes halogenated alkanes) is 2. The summed E-state index contributed by atoms with van der Waals surface area (Å²) in [5.41, 5.74) is 5.49. The van der Waals surface area contributed by atoms with Gasteiger partial charge in [-0.2, -0.15) is 0 Å². The van der Waals surface area contributed by atoms with E-state index in [9.17, 15) is 14.4 Å². The third-order valence-corrected chi connectivity index (χ3v) is 4.57. The Morgan fingerprint density at radius 2 is 1.66 bits per heavy atom. The lowest BCUT2D eigenvalue weighted by atomic mass is 10.0. The Bertz CT molecular complexity index is 462. The standard InChI is InChI=1S/C20H40N4O5/c1-16(25)17(24-20(27)18(22-2)9-4-6-11-21)8-5-7-12-23-19(26)10-13-29-15-14-28-3/h17-18,22H,4-15,21H2,1-3H3,(H,23,26)(H,24,27). The summed E-state index contributed by atoms with van der Waals surface area (Å²) in [6.45, 7) is 3.98. The van der Waals surface area contributed by atoms with Crippen LogP contribution in [-0.2, 0) is 23.9 Å². The lowest BCUT2D eigenvalue weighted by Gasteiger charge is -2.21. The van der Waals surface area contributed by atoms with Crippen LogP contribution in [0, 0.1) is 0 Å². The van der Waals surface area contributed by atoms with Crippen molar-refractivity contribution in [3.05, 3.63) is 0 Å². The highest BCUT2D eigenvalue weighted by Crippen LogP contribution is 2.05. The average molecular weight is 417 g/mol. The number of nitrogens with two attached hydrogens (primary N) is 1. The molecule has 0 aliphatic carbocycles. The summed E-state index contributed by atoms with van der Waals surface area (Å²) in [5.74, 6) is -0.285. The molecule has 2 unspecified atom stereocenters.